The van der Waals surface area contributed by atoms with Gasteiger partial charge in [0.1, 0.15) is 0 Å². The maximum Gasteiger partial charge on any atom is 3.00 e. The molecule has 0 unspecified atom stereocenters. The SMILES string of the molecule is FC(F)=C(F)Cl.[Al+3].[F-].[F-].[F-]. The molecule has 0 saturated carbocycles. The molecular weight excluding hydrogens is 200 g/mol. The maximum atomic E-state index is 10.7. The summed E-state index contributed by atoms with van der Waals surface area (Å²) in [5.41, 5.74) is 0. The smallest absolute Gasteiger partial charge is 1.00 e. The van der Waals surface area contributed by atoms with E-state index in [-0.39, 0.29) is 31.5 Å². The van der Waals surface area contributed by atoms with E-state index in [1.54, 1.807) is 0 Å². The van der Waals surface area contributed by atoms with Crippen molar-refractivity contribution in [2.75, 3.05) is 0 Å². The molecule has 0 bridgehead atoms. The van der Waals surface area contributed by atoms with E-state index in [0.29, 0.717) is 0 Å². The second-order valence-corrected chi connectivity index (χ2v) is 0.853. The van der Waals surface area contributed by atoms with Gasteiger partial charge in [0, 0.05) is 0 Å². The molecular formula is C2AlClF6. The normalized spacial score (nSPS) is 4.80. The third-order valence-electron chi connectivity index (χ3n) is 0.143. The average molecular weight is 200 g/mol. The monoisotopic (exact) mass is 200 g/mol. The van der Waals surface area contributed by atoms with Crippen molar-refractivity contribution in [3.05, 3.63) is 11.4 Å². The minimum atomic E-state index is -2.48. The van der Waals surface area contributed by atoms with Gasteiger partial charge in [0.2, 0.25) is 0 Å². The van der Waals surface area contributed by atoms with E-state index >= 15 is 0 Å². The first-order valence-corrected chi connectivity index (χ1v) is 1.38. The van der Waals surface area contributed by atoms with Crippen molar-refractivity contribution in [3.63, 3.8) is 0 Å². The standard InChI is InChI=1S/C2ClF3.Al.3FH/c3-1(4)2(5)6;;;;/h;;3*1H/q;+3;;;/p-3. The maximum absolute atomic E-state index is 10.7. The Morgan fingerprint density at radius 2 is 1.00 bits per heavy atom. The van der Waals surface area contributed by atoms with Gasteiger partial charge in [0.25, 0.3) is 5.29 Å². The Morgan fingerprint density at radius 1 is 0.900 bits per heavy atom. The molecule has 60 valence electrons. The molecule has 0 fully saturated rings. The zero-order chi connectivity index (χ0) is 5.15. The molecule has 0 rings (SSSR count). The zero-order valence-electron chi connectivity index (χ0n) is 4.22. The largest absolute Gasteiger partial charge is 3.00 e. The van der Waals surface area contributed by atoms with Crippen LogP contribution in [-0.2, 0) is 0 Å². The summed E-state index contributed by atoms with van der Waals surface area (Å²) in [7, 11) is 0. The van der Waals surface area contributed by atoms with E-state index in [4.69, 9.17) is 0 Å². The van der Waals surface area contributed by atoms with E-state index in [0.717, 1.165) is 0 Å². The molecule has 0 aliphatic rings. The fraction of sp³-hybridized carbons (Fsp3) is 0. The summed E-state index contributed by atoms with van der Waals surface area (Å²) < 4.78 is 31.8. The molecule has 0 nitrogen and oxygen atoms in total. The molecule has 0 aromatic carbocycles. The van der Waals surface area contributed by atoms with Crippen molar-refractivity contribution in [2.24, 2.45) is 0 Å². The fourth-order valence-electron chi connectivity index (χ4n) is 0. The molecule has 0 atom stereocenters. The van der Waals surface area contributed by atoms with Crippen LogP contribution in [0, 0.1) is 0 Å². The number of hydrogen-bond acceptors (Lipinski definition) is 0. The van der Waals surface area contributed by atoms with Crippen molar-refractivity contribution in [1.29, 1.82) is 0 Å². The Morgan fingerprint density at radius 3 is 1.00 bits per heavy atom. The first-order chi connectivity index (χ1) is 2.64. The summed E-state index contributed by atoms with van der Waals surface area (Å²) in [6.07, 6.45) is -2.48. The quantitative estimate of drug-likeness (QED) is 0.269. The van der Waals surface area contributed by atoms with Gasteiger partial charge >= 0.3 is 23.4 Å². The average Bonchev–Trinajstić information content (AvgIpc) is 1.36. The summed E-state index contributed by atoms with van der Waals surface area (Å²) in [5.74, 6) is 0. The predicted molar refractivity (Wildman–Crippen MR) is 22.0 cm³/mol. The summed E-state index contributed by atoms with van der Waals surface area (Å²) in [6, 6.07) is 0. The molecule has 0 radical (unpaired) electrons. The van der Waals surface area contributed by atoms with Crippen molar-refractivity contribution in [3.8, 4) is 0 Å². The van der Waals surface area contributed by atoms with Gasteiger partial charge in [-0.25, -0.2) is 0 Å². The predicted octanol–water partition coefficient (Wildman–Crippen LogP) is -7.11. The van der Waals surface area contributed by atoms with Crippen LogP contribution in [0.2, 0.25) is 0 Å². The Balaban J connectivity index is -0.0000000208. The number of hydrogen-bond donors (Lipinski definition) is 0. The van der Waals surface area contributed by atoms with Crippen LogP contribution in [-0.4, -0.2) is 17.4 Å². The van der Waals surface area contributed by atoms with Crippen LogP contribution in [0.3, 0.4) is 0 Å². The van der Waals surface area contributed by atoms with Gasteiger partial charge in [-0.05, 0) is 11.6 Å². The topological polar surface area (TPSA) is 0 Å². The van der Waals surface area contributed by atoms with E-state index in [1.165, 1.54) is 0 Å². The van der Waals surface area contributed by atoms with Crippen LogP contribution in [0.1, 0.15) is 0 Å². The minimum Gasteiger partial charge on any atom is -1.00 e. The third kappa shape index (κ3) is 24.2. The molecule has 0 aliphatic carbocycles. The second-order valence-electron chi connectivity index (χ2n) is 0.521. The van der Waals surface area contributed by atoms with E-state index in [1.807, 2.05) is 0 Å². The molecule has 0 saturated heterocycles. The Bertz CT molecular complexity index is 65.8. The molecule has 0 aromatic heterocycles. The molecule has 8 heteroatoms. The van der Waals surface area contributed by atoms with Crippen LogP contribution in [0.5, 0.6) is 0 Å². The Hall–Kier alpha value is 0.142. The van der Waals surface area contributed by atoms with E-state index < -0.39 is 11.4 Å². The van der Waals surface area contributed by atoms with Crippen LogP contribution in [0.25, 0.3) is 0 Å². The molecule has 10 heavy (non-hydrogen) atoms. The van der Waals surface area contributed by atoms with Gasteiger partial charge in [-0.3, -0.25) is 0 Å². The van der Waals surface area contributed by atoms with Crippen LogP contribution in [0.15, 0.2) is 11.4 Å². The van der Waals surface area contributed by atoms with Crippen LogP contribution in [0.4, 0.5) is 13.2 Å². The summed E-state index contributed by atoms with van der Waals surface area (Å²) in [6.45, 7) is 0. The minimum absolute atomic E-state index is 0. The summed E-state index contributed by atoms with van der Waals surface area (Å²) in [4.78, 5) is 0. The first-order valence-electron chi connectivity index (χ1n) is 1.01. The molecule has 0 heterocycles. The van der Waals surface area contributed by atoms with Crippen molar-refractivity contribution in [1.82, 2.24) is 0 Å². The van der Waals surface area contributed by atoms with Crippen molar-refractivity contribution < 1.29 is 27.3 Å². The molecule has 0 amide bonds. The first kappa shape index (κ1) is 32.1. The number of rotatable bonds is 0. The van der Waals surface area contributed by atoms with Gasteiger partial charge in [-0.1, -0.05) is 0 Å². The van der Waals surface area contributed by atoms with Crippen LogP contribution >= 0.6 is 11.6 Å². The van der Waals surface area contributed by atoms with Crippen molar-refractivity contribution in [2.45, 2.75) is 0 Å². The van der Waals surface area contributed by atoms with E-state index in [9.17, 15) is 13.2 Å². The van der Waals surface area contributed by atoms with Gasteiger partial charge in [-0.2, -0.15) is 13.2 Å². The van der Waals surface area contributed by atoms with Gasteiger partial charge in [0.15, 0.2) is 0 Å². The Kier molecular flexibility index (Phi) is 51.5. The van der Waals surface area contributed by atoms with Gasteiger partial charge in [0.05, 0.1) is 0 Å². The Labute approximate surface area is 68.3 Å². The molecule has 0 N–H and O–H groups in total. The fourth-order valence-corrected chi connectivity index (χ4v) is 0. The van der Waals surface area contributed by atoms with E-state index in [2.05, 4.69) is 11.6 Å². The van der Waals surface area contributed by atoms with Crippen LogP contribution < -0.4 is 14.1 Å². The number of halogens is 7. The van der Waals surface area contributed by atoms with Crippen molar-refractivity contribution >= 4 is 29.0 Å². The molecule has 0 spiro atoms. The molecule has 0 aliphatic heterocycles. The summed E-state index contributed by atoms with van der Waals surface area (Å²) >= 11 is 4.08. The van der Waals surface area contributed by atoms with Gasteiger partial charge in [-0.15, -0.1) is 0 Å². The summed E-state index contributed by atoms with van der Waals surface area (Å²) in [5, 5.41) is -1.94. The van der Waals surface area contributed by atoms with Gasteiger partial charge < -0.3 is 14.1 Å². The zero-order valence-corrected chi connectivity index (χ0v) is 6.13. The second kappa shape index (κ2) is 16.1. The third-order valence-corrected chi connectivity index (χ3v) is 0.286. The molecule has 0 aromatic rings.